The highest BCUT2D eigenvalue weighted by molar-refractivity contribution is 4.80. The van der Waals surface area contributed by atoms with Gasteiger partial charge in [0.05, 0.1) is 0 Å². The van der Waals surface area contributed by atoms with Gasteiger partial charge in [0.25, 0.3) is 0 Å². The van der Waals surface area contributed by atoms with E-state index in [4.69, 9.17) is 0 Å². The molecule has 1 aliphatic rings. The van der Waals surface area contributed by atoms with Crippen LogP contribution in [0.4, 0.5) is 0 Å². The fourth-order valence-corrected chi connectivity index (χ4v) is 2.45. The maximum absolute atomic E-state index is 2.67. The highest BCUT2D eigenvalue weighted by Gasteiger charge is 2.23. The third-order valence-corrected chi connectivity index (χ3v) is 3.21. The lowest BCUT2D eigenvalue weighted by Crippen LogP contribution is -2.53. The van der Waals surface area contributed by atoms with Gasteiger partial charge >= 0.3 is 0 Å². The smallest absolute Gasteiger partial charge is 0.0221 e. The summed E-state index contributed by atoms with van der Waals surface area (Å²) in [4.78, 5) is 5.30. The molecular formula is C12H26N2. The van der Waals surface area contributed by atoms with Gasteiger partial charge in [-0.3, -0.25) is 4.90 Å². The van der Waals surface area contributed by atoms with Gasteiger partial charge in [0, 0.05) is 25.7 Å². The van der Waals surface area contributed by atoms with Crippen LogP contribution in [0, 0.1) is 0 Å². The van der Waals surface area contributed by atoms with E-state index in [9.17, 15) is 0 Å². The van der Waals surface area contributed by atoms with Gasteiger partial charge in [0.2, 0.25) is 0 Å². The van der Waals surface area contributed by atoms with Crippen LogP contribution in [0.2, 0.25) is 0 Å². The summed E-state index contributed by atoms with van der Waals surface area (Å²) in [5.41, 5.74) is 0. The molecule has 0 N–H and O–H groups in total. The van der Waals surface area contributed by atoms with Crippen molar-refractivity contribution in [3.05, 3.63) is 0 Å². The van der Waals surface area contributed by atoms with Crippen molar-refractivity contribution in [3.8, 4) is 0 Å². The van der Waals surface area contributed by atoms with Crippen molar-refractivity contribution >= 4 is 0 Å². The quantitative estimate of drug-likeness (QED) is 0.668. The molecule has 2 nitrogen and oxygen atoms in total. The van der Waals surface area contributed by atoms with Crippen LogP contribution in [0.15, 0.2) is 0 Å². The molecule has 1 rings (SSSR count). The third-order valence-electron chi connectivity index (χ3n) is 3.21. The first-order valence-corrected chi connectivity index (χ1v) is 6.28. The Labute approximate surface area is 89.3 Å². The fraction of sp³-hybridized carbons (Fsp3) is 1.00. The lowest BCUT2D eigenvalue weighted by atomic mass is 10.1. The van der Waals surface area contributed by atoms with Gasteiger partial charge < -0.3 is 4.90 Å². The molecular weight excluding hydrogens is 172 g/mol. The molecule has 0 aromatic rings. The number of hydrogen-bond donors (Lipinski definition) is 0. The minimum atomic E-state index is 0.815. The highest BCUT2D eigenvalue weighted by Crippen LogP contribution is 2.13. The van der Waals surface area contributed by atoms with Gasteiger partial charge in [-0.05, 0) is 32.4 Å². The van der Waals surface area contributed by atoms with E-state index in [1.165, 1.54) is 52.0 Å². The summed E-state index contributed by atoms with van der Waals surface area (Å²) in [5.74, 6) is 0. The minimum absolute atomic E-state index is 0.815. The molecule has 1 heterocycles. The zero-order valence-electron chi connectivity index (χ0n) is 10.1. The molecule has 0 aliphatic carbocycles. The van der Waals surface area contributed by atoms with Gasteiger partial charge in [-0.25, -0.2) is 0 Å². The minimum Gasteiger partial charge on any atom is -0.301 e. The Kier molecular flexibility index (Phi) is 5.49. The predicted molar refractivity (Wildman–Crippen MR) is 62.7 cm³/mol. The third kappa shape index (κ3) is 3.25. The number of hydrogen-bond acceptors (Lipinski definition) is 2. The summed E-state index contributed by atoms with van der Waals surface area (Å²) in [6.07, 6.45) is 3.90. The summed E-state index contributed by atoms with van der Waals surface area (Å²) in [6, 6.07) is 0.815. The summed E-state index contributed by atoms with van der Waals surface area (Å²) < 4.78 is 0. The molecule has 1 fully saturated rings. The first-order chi connectivity index (χ1) is 6.81. The number of piperazine rings is 1. The van der Waals surface area contributed by atoms with Crippen LogP contribution in [-0.2, 0) is 0 Å². The molecule has 0 saturated carbocycles. The van der Waals surface area contributed by atoms with Crippen molar-refractivity contribution in [2.45, 2.75) is 46.1 Å². The van der Waals surface area contributed by atoms with E-state index in [1.807, 2.05) is 0 Å². The van der Waals surface area contributed by atoms with Crippen molar-refractivity contribution in [2.75, 3.05) is 32.7 Å². The van der Waals surface area contributed by atoms with Crippen LogP contribution in [0.25, 0.3) is 0 Å². The molecule has 0 aromatic heterocycles. The SMILES string of the molecule is CCCN1CCN(CCC)C(CC)C1. The Morgan fingerprint density at radius 3 is 2.29 bits per heavy atom. The summed E-state index contributed by atoms with van der Waals surface area (Å²) in [5, 5.41) is 0. The molecule has 0 radical (unpaired) electrons. The van der Waals surface area contributed by atoms with Crippen molar-refractivity contribution in [2.24, 2.45) is 0 Å². The van der Waals surface area contributed by atoms with Gasteiger partial charge in [-0.2, -0.15) is 0 Å². The Morgan fingerprint density at radius 1 is 1.00 bits per heavy atom. The molecule has 1 aliphatic heterocycles. The number of rotatable bonds is 5. The lowest BCUT2D eigenvalue weighted by molar-refractivity contribution is 0.0723. The maximum atomic E-state index is 2.67. The van der Waals surface area contributed by atoms with Crippen LogP contribution in [0.1, 0.15) is 40.0 Å². The van der Waals surface area contributed by atoms with E-state index in [-0.39, 0.29) is 0 Å². The van der Waals surface area contributed by atoms with Crippen LogP contribution >= 0.6 is 0 Å². The van der Waals surface area contributed by atoms with Crippen LogP contribution < -0.4 is 0 Å². The second kappa shape index (κ2) is 6.41. The Balaban J connectivity index is 2.37. The lowest BCUT2D eigenvalue weighted by Gasteiger charge is -2.41. The molecule has 1 unspecified atom stereocenters. The summed E-state index contributed by atoms with van der Waals surface area (Å²) >= 11 is 0. The van der Waals surface area contributed by atoms with Crippen LogP contribution in [0.5, 0.6) is 0 Å². The van der Waals surface area contributed by atoms with E-state index in [0.717, 1.165) is 6.04 Å². The standard InChI is InChI=1S/C12H26N2/c1-4-7-13-9-10-14(8-5-2)12(6-3)11-13/h12H,4-11H2,1-3H3. The zero-order chi connectivity index (χ0) is 10.4. The first-order valence-electron chi connectivity index (χ1n) is 6.28. The Morgan fingerprint density at radius 2 is 1.71 bits per heavy atom. The molecule has 14 heavy (non-hydrogen) atoms. The molecule has 0 aromatic carbocycles. The van der Waals surface area contributed by atoms with Crippen molar-refractivity contribution < 1.29 is 0 Å². The highest BCUT2D eigenvalue weighted by atomic mass is 15.3. The van der Waals surface area contributed by atoms with Crippen molar-refractivity contribution in [1.82, 2.24) is 9.80 Å². The first kappa shape index (κ1) is 12.0. The van der Waals surface area contributed by atoms with E-state index >= 15 is 0 Å². The zero-order valence-corrected chi connectivity index (χ0v) is 10.1. The van der Waals surface area contributed by atoms with Gasteiger partial charge in [-0.15, -0.1) is 0 Å². The van der Waals surface area contributed by atoms with Crippen LogP contribution in [-0.4, -0.2) is 48.6 Å². The van der Waals surface area contributed by atoms with E-state index in [2.05, 4.69) is 30.6 Å². The van der Waals surface area contributed by atoms with Gasteiger partial charge in [0.15, 0.2) is 0 Å². The molecule has 0 bridgehead atoms. The average molecular weight is 198 g/mol. The Hall–Kier alpha value is -0.0800. The topological polar surface area (TPSA) is 6.48 Å². The summed E-state index contributed by atoms with van der Waals surface area (Å²) in [7, 11) is 0. The van der Waals surface area contributed by atoms with Crippen molar-refractivity contribution in [3.63, 3.8) is 0 Å². The largest absolute Gasteiger partial charge is 0.301 e. The predicted octanol–water partition coefficient (Wildman–Crippen LogP) is 2.20. The number of nitrogens with zero attached hydrogens (tertiary/aromatic N) is 2. The van der Waals surface area contributed by atoms with Crippen LogP contribution in [0.3, 0.4) is 0 Å². The average Bonchev–Trinajstić information content (AvgIpc) is 2.21. The second-order valence-corrected chi connectivity index (χ2v) is 4.40. The summed E-state index contributed by atoms with van der Waals surface area (Å²) in [6.45, 7) is 13.3. The molecule has 84 valence electrons. The monoisotopic (exact) mass is 198 g/mol. The molecule has 0 spiro atoms. The molecule has 0 amide bonds. The second-order valence-electron chi connectivity index (χ2n) is 4.40. The fourth-order valence-electron chi connectivity index (χ4n) is 2.45. The van der Waals surface area contributed by atoms with E-state index < -0.39 is 0 Å². The van der Waals surface area contributed by atoms with Crippen molar-refractivity contribution in [1.29, 1.82) is 0 Å². The molecule has 1 saturated heterocycles. The Bertz CT molecular complexity index is 147. The molecule has 2 heteroatoms. The van der Waals surface area contributed by atoms with Gasteiger partial charge in [0.1, 0.15) is 0 Å². The normalized spacial score (nSPS) is 25.5. The maximum Gasteiger partial charge on any atom is 0.0221 e. The van der Waals surface area contributed by atoms with E-state index in [1.54, 1.807) is 0 Å². The molecule has 1 atom stereocenters. The van der Waals surface area contributed by atoms with E-state index in [0.29, 0.717) is 0 Å². The van der Waals surface area contributed by atoms with Gasteiger partial charge in [-0.1, -0.05) is 20.8 Å².